The van der Waals surface area contributed by atoms with E-state index in [9.17, 15) is 4.39 Å². The molecule has 1 aliphatic rings. The van der Waals surface area contributed by atoms with E-state index in [-0.39, 0.29) is 0 Å². The number of aryl methyl sites for hydroxylation is 1. The number of hydrogen-bond acceptors (Lipinski definition) is 2. The Balaban J connectivity index is 1.55. The van der Waals surface area contributed by atoms with Gasteiger partial charge in [0.1, 0.15) is 18.5 Å². The van der Waals surface area contributed by atoms with E-state index in [2.05, 4.69) is 49.1 Å². The van der Waals surface area contributed by atoms with E-state index in [1.807, 2.05) is 18.2 Å². The molecule has 0 saturated carbocycles. The van der Waals surface area contributed by atoms with Crippen molar-refractivity contribution >= 4 is 0 Å². The first-order valence-corrected chi connectivity index (χ1v) is 8.25. The van der Waals surface area contributed by atoms with Gasteiger partial charge in [-0.2, -0.15) is 0 Å². The summed E-state index contributed by atoms with van der Waals surface area (Å²) in [6.45, 7) is 6.11. The van der Waals surface area contributed by atoms with Crippen LogP contribution in [0, 0.1) is 6.92 Å². The second kappa shape index (κ2) is 7.14. The Labute approximate surface area is 137 Å². The monoisotopic (exact) mass is 313 g/mol. The predicted octanol–water partition coefficient (Wildman–Crippen LogP) is 4.51. The number of benzene rings is 2. The molecule has 0 aromatic heterocycles. The van der Waals surface area contributed by atoms with Crippen LogP contribution in [0.1, 0.15) is 30.0 Å². The number of alkyl halides is 1. The minimum absolute atomic E-state index is 0.322. The van der Waals surface area contributed by atoms with Crippen LogP contribution in [0.15, 0.2) is 48.5 Å². The molecule has 1 heterocycles. The molecule has 0 spiro atoms. The lowest BCUT2D eigenvalue weighted by atomic mass is 10.1. The van der Waals surface area contributed by atoms with E-state index in [0.29, 0.717) is 25.6 Å². The molecular weight excluding hydrogens is 289 g/mol. The Hall–Kier alpha value is -1.87. The van der Waals surface area contributed by atoms with Gasteiger partial charge in [-0.15, -0.1) is 0 Å². The summed E-state index contributed by atoms with van der Waals surface area (Å²) in [6.07, 6.45) is -0.0283. The largest absolute Gasteiger partial charge is 0.489 e. The predicted molar refractivity (Wildman–Crippen MR) is 91.3 cm³/mol. The van der Waals surface area contributed by atoms with Gasteiger partial charge in [-0.1, -0.05) is 42.0 Å². The summed E-state index contributed by atoms with van der Waals surface area (Å²) in [5.74, 6) is 0.869. The first-order valence-electron chi connectivity index (χ1n) is 8.25. The van der Waals surface area contributed by atoms with Crippen LogP contribution in [0.25, 0.3) is 0 Å². The third-order valence-corrected chi connectivity index (χ3v) is 4.45. The van der Waals surface area contributed by atoms with Gasteiger partial charge in [-0.3, -0.25) is 4.90 Å². The van der Waals surface area contributed by atoms with Crippen LogP contribution < -0.4 is 4.74 Å². The Bertz CT molecular complexity index is 640. The van der Waals surface area contributed by atoms with Gasteiger partial charge in [0.05, 0.1) is 0 Å². The molecule has 0 N–H and O–H groups in total. The van der Waals surface area contributed by atoms with Gasteiger partial charge in [0.15, 0.2) is 0 Å². The Morgan fingerprint density at radius 3 is 2.57 bits per heavy atom. The molecule has 0 amide bonds. The molecule has 0 aliphatic carbocycles. The normalized spacial score (nSPS) is 21.5. The van der Waals surface area contributed by atoms with Crippen molar-refractivity contribution < 1.29 is 9.13 Å². The molecule has 2 aromatic rings. The molecule has 3 rings (SSSR count). The van der Waals surface area contributed by atoms with Crippen LogP contribution in [-0.2, 0) is 13.2 Å². The molecule has 23 heavy (non-hydrogen) atoms. The number of nitrogens with zero attached hydrogens (tertiary/aromatic N) is 1. The minimum Gasteiger partial charge on any atom is -0.489 e. The van der Waals surface area contributed by atoms with Crippen molar-refractivity contribution in [1.82, 2.24) is 4.90 Å². The maximum Gasteiger partial charge on any atom is 0.119 e. The maximum absolute atomic E-state index is 13.4. The fourth-order valence-electron chi connectivity index (χ4n) is 3.14. The van der Waals surface area contributed by atoms with Gasteiger partial charge in [0, 0.05) is 19.1 Å². The number of halogens is 1. The summed E-state index contributed by atoms with van der Waals surface area (Å²) >= 11 is 0. The lowest BCUT2D eigenvalue weighted by Crippen LogP contribution is -2.26. The van der Waals surface area contributed by atoms with Crippen molar-refractivity contribution in [2.45, 2.75) is 45.6 Å². The topological polar surface area (TPSA) is 12.5 Å². The van der Waals surface area contributed by atoms with Gasteiger partial charge in [0.25, 0.3) is 0 Å². The first-order chi connectivity index (χ1) is 11.1. The van der Waals surface area contributed by atoms with Crippen molar-refractivity contribution in [3.8, 4) is 5.75 Å². The third kappa shape index (κ3) is 4.32. The molecule has 1 fully saturated rings. The Morgan fingerprint density at radius 2 is 1.91 bits per heavy atom. The van der Waals surface area contributed by atoms with E-state index in [0.717, 1.165) is 12.3 Å². The Morgan fingerprint density at radius 1 is 1.13 bits per heavy atom. The third-order valence-electron chi connectivity index (χ3n) is 4.45. The highest BCUT2D eigenvalue weighted by molar-refractivity contribution is 5.28. The second-order valence-electron chi connectivity index (χ2n) is 6.53. The fourth-order valence-corrected chi connectivity index (χ4v) is 3.14. The van der Waals surface area contributed by atoms with E-state index in [1.54, 1.807) is 0 Å². The summed E-state index contributed by atoms with van der Waals surface area (Å²) in [7, 11) is 0. The first kappa shape index (κ1) is 16.0. The lowest BCUT2D eigenvalue weighted by molar-refractivity contribution is 0.245. The minimum atomic E-state index is -0.679. The standard InChI is InChI=1S/C20H24FNO/c1-15-4-3-5-18(10-15)14-23-20-8-6-17(7-9-20)12-22-13-19(21)11-16(22)2/h3-10,16,19H,11-14H2,1-2H3/t16-,19+/m1/s1. The van der Waals surface area contributed by atoms with Crippen molar-refractivity contribution in [2.24, 2.45) is 0 Å². The summed E-state index contributed by atoms with van der Waals surface area (Å²) in [4.78, 5) is 2.20. The van der Waals surface area contributed by atoms with Crippen molar-refractivity contribution in [1.29, 1.82) is 0 Å². The van der Waals surface area contributed by atoms with Crippen LogP contribution in [0.2, 0.25) is 0 Å². The summed E-state index contributed by atoms with van der Waals surface area (Å²) in [5, 5.41) is 0. The molecule has 2 atom stereocenters. The zero-order valence-electron chi connectivity index (χ0n) is 13.8. The highest BCUT2D eigenvalue weighted by Gasteiger charge is 2.28. The molecular formula is C20H24FNO. The van der Waals surface area contributed by atoms with Gasteiger partial charge in [-0.25, -0.2) is 4.39 Å². The van der Waals surface area contributed by atoms with Crippen LogP contribution in [0.5, 0.6) is 5.75 Å². The average Bonchev–Trinajstić information content (AvgIpc) is 2.84. The number of hydrogen-bond donors (Lipinski definition) is 0. The van der Waals surface area contributed by atoms with Gasteiger partial charge < -0.3 is 4.74 Å². The highest BCUT2D eigenvalue weighted by Crippen LogP contribution is 2.23. The van der Waals surface area contributed by atoms with E-state index < -0.39 is 6.17 Å². The molecule has 1 aliphatic heterocycles. The molecule has 122 valence electrons. The fraction of sp³-hybridized carbons (Fsp3) is 0.400. The lowest BCUT2D eigenvalue weighted by Gasteiger charge is -2.20. The molecule has 0 bridgehead atoms. The van der Waals surface area contributed by atoms with Crippen LogP contribution in [-0.4, -0.2) is 23.7 Å². The number of ether oxygens (including phenoxy) is 1. The maximum atomic E-state index is 13.4. The number of likely N-dealkylation sites (tertiary alicyclic amines) is 1. The Kier molecular flexibility index (Phi) is 4.97. The second-order valence-corrected chi connectivity index (χ2v) is 6.53. The molecule has 3 heteroatoms. The quantitative estimate of drug-likeness (QED) is 0.805. The molecule has 0 unspecified atom stereocenters. The van der Waals surface area contributed by atoms with Crippen molar-refractivity contribution in [3.63, 3.8) is 0 Å². The van der Waals surface area contributed by atoms with Gasteiger partial charge in [0.2, 0.25) is 0 Å². The molecule has 1 saturated heterocycles. The van der Waals surface area contributed by atoms with E-state index in [4.69, 9.17) is 4.74 Å². The van der Waals surface area contributed by atoms with Gasteiger partial charge >= 0.3 is 0 Å². The molecule has 0 radical (unpaired) electrons. The molecule has 2 nitrogen and oxygen atoms in total. The van der Waals surface area contributed by atoms with Gasteiger partial charge in [-0.05, 0) is 43.5 Å². The summed E-state index contributed by atoms with van der Waals surface area (Å²) in [6, 6.07) is 16.8. The van der Waals surface area contributed by atoms with Crippen LogP contribution in [0.3, 0.4) is 0 Å². The molecule has 2 aromatic carbocycles. The van der Waals surface area contributed by atoms with E-state index in [1.165, 1.54) is 16.7 Å². The van der Waals surface area contributed by atoms with Crippen LogP contribution >= 0.6 is 0 Å². The average molecular weight is 313 g/mol. The number of rotatable bonds is 5. The zero-order valence-corrected chi connectivity index (χ0v) is 13.8. The van der Waals surface area contributed by atoms with Crippen molar-refractivity contribution in [3.05, 3.63) is 65.2 Å². The summed E-state index contributed by atoms with van der Waals surface area (Å²) in [5.41, 5.74) is 3.62. The SMILES string of the molecule is Cc1cccc(COc2ccc(CN3C[C@@H](F)C[C@H]3C)cc2)c1. The highest BCUT2D eigenvalue weighted by atomic mass is 19.1. The van der Waals surface area contributed by atoms with Crippen molar-refractivity contribution in [2.75, 3.05) is 6.54 Å². The zero-order chi connectivity index (χ0) is 16.2. The van der Waals surface area contributed by atoms with E-state index >= 15 is 0 Å². The smallest absolute Gasteiger partial charge is 0.119 e. The summed E-state index contributed by atoms with van der Waals surface area (Å²) < 4.78 is 19.3. The van der Waals surface area contributed by atoms with Crippen LogP contribution in [0.4, 0.5) is 4.39 Å².